The van der Waals surface area contributed by atoms with E-state index in [1.54, 1.807) is 38.4 Å². The van der Waals surface area contributed by atoms with E-state index in [-0.39, 0.29) is 11.6 Å². The van der Waals surface area contributed by atoms with Crippen LogP contribution in [-0.4, -0.2) is 68.5 Å². The second-order valence-corrected chi connectivity index (χ2v) is 7.35. The molecule has 9 heteroatoms. The third kappa shape index (κ3) is 5.17. The topological polar surface area (TPSA) is 78.0 Å². The van der Waals surface area contributed by atoms with E-state index in [0.29, 0.717) is 34.7 Å². The molecule has 1 aliphatic heterocycles. The summed E-state index contributed by atoms with van der Waals surface area (Å²) in [4.78, 5) is 10.9. The van der Waals surface area contributed by atoms with Crippen LogP contribution in [0.3, 0.4) is 0 Å². The molecule has 1 aliphatic rings. The van der Waals surface area contributed by atoms with Gasteiger partial charge in [0.15, 0.2) is 23.1 Å². The van der Waals surface area contributed by atoms with Crippen molar-refractivity contribution in [2.45, 2.75) is 6.42 Å². The fourth-order valence-electron chi connectivity index (χ4n) is 3.53. The number of methoxy groups -OCH3 is 1. The molecule has 0 atom stereocenters. The highest BCUT2D eigenvalue weighted by atomic mass is 19.1. The van der Waals surface area contributed by atoms with Crippen LogP contribution in [0.2, 0.25) is 0 Å². The molecule has 0 spiro atoms. The highest BCUT2D eigenvalue weighted by molar-refractivity contribution is 5.87. The van der Waals surface area contributed by atoms with E-state index in [0.717, 1.165) is 39.3 Å². The standard InChI is InChI=1S/C23H27FN4O4/c1-25-16-4-5-20(18(24)12-16)32-23-17-13-21(29-2)22(14-19(17)26-15-27-23)31-9-3-6-28-7-10-30-11-8-28/h4-5,12-15,25H,3,6-11H2,1-2H3. The number of anilines is 1. The summed E-state index contributed by atoms with van der Waals surface area (Å²) in [5.74, 6) is 0.955. The number of hydrogen-bond donors (Lipinski definition) is 1. The van der Waals surface area contributed by atoms with Gasteiger partial charge in [-0.15, -0.1) is 0 Å². The second kappa shape index (κ2) is 10.4. The van der Waals surface area contributed by atoms with Crippen LogP contribution in [0.25, 0.3) is 10.9 Å². The Morgan fingerprint density at radius 1 is 1.09 bits per heavy atom. The summed E-state index contributed by atoms with van der Waals surface area (Å²) in [6.45, 7) is 4.99. The molecule has 0 bridgehead atoms. The lowest BCUT2D eigenvalue weighted by Crippen LogP contribution is -2.37. The molecule has 1 saturated heterocycles. The molecule has 3 aromatic rings. The van der Waals surface area contributed by atoms with Gasteiger partial charge in [0.05, 0.1) is 37.8 Å². The first-order valence-corrected chi connectivity index (χ1v) is 10.6. The maximum absolute atomic E-state index is 14.4. The van der Waals surface area contributed by atoms with Gasteiger partial charge < -0.3 is 24.3 Å². The van der Waals surface area contributed by atoms with Crippen molar-refractivity contribution in [2.75, 3.05) is 58.9 Å². The number of morpholine rings is 1. The number of nitrogens with zero attached hydrogens (tertiary/aromatic N) is 3. The van der Waals surface area contributed by atoms with Crippen molar-refractivity contribution in [2.24, 2.45) is 0 Å². The van der Waals surface area contributed by atoms with Gasteiger partial charge in [0.2, 0.25) is 5.88 Å². The van der Waals surface area contributed by atoms with Crippen molar-refractivity contribution in [3.8, 4) is 23.1 Å². The highest BCUT2D eigenvalue weighted by Crippen LogP contribution is 2.36. The van der Waals surface area contributed by atoms with E-state index in [4.69, 9.17) is 18.9 Å². The molecule has 0 saturated carbocycles. The quantitative estimate of drug-likeness (QED) is 0.503. The maximum atomic E-state index is 14.4. The monoisotopic (exact) mass is 442 g/mol. The maximum Gasteiger partial charge on any atom is 0.230 e. The van der Waals surface area contributed by atoms with Crippen LogP contribution in [-0.2, 0) is 4.74 Å². The SMILES string of the molecule is CNc1ccc(Oc2ncnc3cc(OCCCN4CCOCC4)c(OC)cc23)c(F)c1. The largest absolute Gasteiger partial charge is 0.493 e. The van der Waals surface area contributed by atoms with Crippen molar-refractivity contribution < 1.29 is 23.3 Å². The van der Waals surface area contributed by atoms with Crippen LogP contribution in [0.15, 0.2) is 36.7 Å². The Balaban J connectivity index is 1.49. The summed E-state index contributed by atoms with van der Waals surface area (Å²) in [6, 6.07) is 8.19. The van der Waals surface area contributed by atoms with Gasteiger partial charge in [-0.25, -0.2) is 14.4 Å². The number of aromatic nitrogens is 2. The number of nitrogens with one attached hydrogen (secondary N) is 1. The summed E-state index contributed by atoms with van der Waals surface area (Å²) in [6.07, 6.45) is 2.27. The molecule has 4 rings (SSSR count). The molecule has 8 nitrogen and oxygen atoms in total. The van der Waals surface area contributed by atoms with Crippen LogP contribution in [0, 0.1) is 5.82 Å². The average molecular weight is 442 g/mol. The van der Waals surface area contributed by atoms with E-state index >= 15 is 0 Å². The van der Waals surface area contributed by atoms with Gasteiger partial charge in [-0.3, -0.25) is 4.90 Å². The zero-order valence-corrected chi connectivity index (χ0v) is 18.3. The molecule has 2 aromatic carbocycles. The molecule has 0 unspecified atom stereocenters. The van der Waals surface area contributed by atoms with Crippen molar-refractivity contribution in [1.29, 1.82) is 0 Å². The fraction of sp³-hybridized carbons (Fsp3) is 0.391. The number of hydrogen-bond acceptors (Lipinski definition) is 8. The zero-order valence-electron chi connectivity index (χ0n) is 18.3. The fourth-order valence-corrected chi connectivity index (χ4v) is 3.53. The molecule has 2 heterocycles. The van der Waals surface area contributed by atoms with Gasteiger partial charge in [-0.2, -0.15) is 0 Å². The molecule has 1 N–H and O–H groups in total. The van der Waals surface area contributed by atoms with E-state index < -0.39 is 5.82 Å². The predicted molar refractivity (Wildman–Crippen MR) is 119 cm³/mol. The van der Waals surface area contributed by atoms with Gasteiger partial charge in [0, 0.05) is 44.5 Å². The molecular formula is C23H27FN4O4. The molecule has 1 fully saturated rings. The lowest BCUT2D eigenvalue weighted by atomic mass is 10.2. The van der Waals surface area contributed by atoms with Crippen LogP contribution >= 0.6 is 0 Å². The second-order valence-electron chi connectivity index (χ2n) is 7.35. The smallest absolute Gasteiger partial charge is 0.230 e. The van der Waals surface area contributed by atoms with Gasteiger partial charge in [-0.1, -0.05) is 0 Å². The number of fused-ring (bicyclic) bond motifs is 1. The molecular weight excluding hydrogens is 415 g/mol. The van der Waals surface area contributed by atoms with Crippen LogP contribution < -0.4 is 19.5 Å². The van der Waals surface area contributed by atoms with Gasteiger partial charge in [0.1, 0.15) is 6.33 Å². The van der Waals surface area contributed by atoms with Crippen molar-refractivity contribution >= 4 is 16.6 Å². The number of ether oxygens (including phenoxy) is 4. The Hall–Kier alpha value is -3.17. The minimum Gasteiger partial charge on any atom is -0.493 e. The van der Waals surface area contributed by atoms with Crippen molar-refractivity contribution in [3.63, 3.8) is 0 Å². The molecule has 32 heavy (non-hydrogen) atoms. The number of halogens is 1. The molecule has 170 valence electrons. The first-order valence-electron chi connectivity index (χ1n) is 10.6. The first-order chi connectivity index (χ1) is 15.7. The Labute approximate surface area is 186 Å². The predicted octanol–water partition coefficient (Wildman–Crippen LogP) is 3.71. The summed E-state index contributed by atoms with van der Waals surface area (Å²) in [7, 11) is 3.30. The van der Waals surface area contributed by atoms with Crippen LogP contribution in [0.1, 0.15) is 6.42 Å². The zero-order chi connectivity index (χ0) is 22.3. The Morgan fingerprint density at radius 2 is 1.94 bits per heavy atom. The normalized spacial score (nSPS) is 14.3. The number of rotatable bonds is 9. The van der Waals surface area contributed by atoms with Crippen molar-refractivity contribution in [1.82, 2.24) is 14.9 Å². The third-order valence-electron chi connectivity index (χ3n) is 5.29. The molecule has 1 aromatic heterocycles. The highest BCUT2D eigenvalue weighted by Gasteiger charge is 2.15. The lowest BCUT2D eigenvalue weighted by molar-refractivity contribution is 0.0357. The summed E-state index contributed by atoms with van der Waals surface area (Å²) < 4.78 is 37.0. The van der Waals surface area contributed by atoms with E-state index in [2.05, 4.69) is 20.2 Å². The summed E-state index contributed by atoms with van der Waals surface area (Å²) in [5.41, 5.74) is 1.27. The minimum absolute atomic E-state index is 0.0754. The van der Waals surface area contributed by atoms with E-state index in [1.807, 2.05) is 0 Å². The first kappa shape index (κ1) is 22.0. The lowest BCUT2D eigenvalue weighted by Gasteiger charge is -2.26. The molecule has 0 aliphatic carbocycles. The van der Waals surface area contributed by atoms with Crippen LogP contribution in [0.5, 0.6) is 23.1 Å². The Kier molecular flexibility index (Phi) is 7.18. The minimum atomic E-state index is -0.490. The Bertz CT molecular complexity index is 1060. The van der Waals surface area contributed by atoms with E-state index in [1.165, 1.54) is 12.4 Å². The summed E-state index contributed by atoms with van der Waals surface area (Å²) in [5, 5.41) is 3.49. The number of benzene rings is 2. The van der Waals surface area contributed by atoms with Gasteiger partial charge in [0.25, 0.3) is 0 Å². The average Bonchev–Trinajstić information content (AvgIpc) is 2.83. The Morgan fingerprint density at radius 3 is 2.69 bits per heavy atom. The molecule has 0 radical (unpaired) electrons. The third-order valence-corrected chi connectivity index (χ3v) is 5.29. The van der Waals surface area contributed by atoms with E-state index in [9.17, 15) is 4.39 Å². The van der Waals surface area contributed by atoms with Crippen LogP contribution in [0.4, 0.5) is 10.1 Å². The van der Waals surface area contributed by atoms with Gasteiger partial charge >= 0.3 is 0 Å². The van der Waals surface area contributed by atoms with Gasteiger partial charge in [-0.05, 0) is 24.6 Å². The molecule has 0 amide bonds. The summed E-state index contributed by atoms with van der Waals surface area (Å²) >= 11 is 0. The van der Waals surface area contributed by atoms with Crippen molar-refractivity contribution in [3.05, 3.63) is 42.5 Å².